The summed E-state index contributed by atoms with van der Waals surface area (Å²) in [7, 11) is 0. The average molecular weight is 661 g/mol. The van der Waals surface area contributed by atoms with Gasteiger partial charge in [-0.2, -0.15) is 0 Å². The van der Waals surface area contributed by atoms with Crippen LogP contribution in [0.15, 0.2) is 109 Å². The lowest BCUT2D eigenvalue weighted by atomic mass is 10.0. The van der Waals surface area contributed by atoms with Crippen LogP contribution in [0.2, 0.25) is 0 Å². The van der Waals surface area contributed by atoms with Crippen LogP contribution in [0, 0.1) is 13.8 Å². The molecule has 0 aliphatic heterocycles. The van der Waals surface area contributed by atoms with Crippen molar-refractivity contribution >= 4 is 61.8 Å². The number of amides is 1. The molecule has 4 aromatic carbocycles. The molecule has 1 amide bonds. The summed E-state index contributed by atoms with van der Waals surface area (Å²) in [5, 5.41) is 7.63. The zero-order valence-electron chi connectivity index (χ0n) is 25.7. The fraction of sp³-hybridized carbons (Fsp3) is 0.0833. The Morgan fingerprint density at radius 1 is 0.638 bits per heavy atom. The van der Waals surface area contributed by atoms with Crippen LogP contribution in [0.25, 0.3) is 0 Å². The molecule has 2 heterocycles. The van der Waals surface area contributed by atoms with Crippen LogP contribution >= 0.6 is 22.7 Å². The molecule has 11 heteroatoms. The monoisotopic (exact) mass is 660 g/mol. The van der Waals surface area contributed by atoms with Gasteiger partial charge in [0.1, 0.15) is 0 Å². The van der Waals surface area contributed by atoms with Crippen molar-refractivity contribution in [1.82, 2.24) is 9.97 Å². The highest BCUT2D eigenvalue weighted by Gasteiger charge is 2.16. The number of carbonyl (C=O) groups excluding carboxylic acids is 3. The normalized spacial score (nSPS) is 10.4. The second kappa shape index (κ2) is 15.2. The van der Waals surface area contributed by atoms with Gasteiger partial charge >= 0.3 is 0 Å². The summed E-state index contributed by atoms with van der Waals surface area (Å²) in [4.78, 5) is 45.9. The number of ketones is 2. The number of nitrogens with zero attached hydrogens (tertiary/aromatic N) is 2. The second-order valence-electron chi connectivity index (χ2n) is 10.4. The smallest absolute Gasteiger partial charge is 0.248 e. The highest BCUT2D eigenvalue weighted by Crippen LogP contribution is 2.27. The number of hydrogen-bond donors (Lipinski definition) is 4. The third kappa shape index (κ3) is 8.41. The first-order chi connectivity index (χ1) is 22.7. The molecule has 47 heavy (non-hydrogen) atoms. The Bertz CT molecular complexity index is 2020. The van der Waals surface area contributed by atoms with Crippen LogP contribution in [-0.4, -0.2) is 27.4 Å². The standard InChI is InChI=1S/C18H15N3O2S.C18H17N3OS/c1-11-4-2-3-5-14(11)16(22)15-10-20-18(24-15)21-13-8-6-12(7-9-13)17(19)23;1-12-4-2-3-5-15(12)17(22)16-11-20-18(23-16)21-14-8-6-13(10-19)7-9-14/h2-10H,1H3,(H2,19,23)(H,20,21);2-9,11H,10,19H2,1H3,(H,20,21). The van der Waals surface area contributed by atoms with Gasteiger partial charge in [-0.3, -0.25) is 14.4 Å². The van der Waals surface area contributed by atoms with E-state index in [0.717, 1.165) is 33.6 Å². The molecule has 0 bridgehead atoms. The highest BCUT2D eigenvalue weighted by molar-refractivity contribution is 7.18. The van der Waals surface area contributed by atoms with Crippen LogP contribution in [0.3, 0.4) is 0 Å². The van der Waals surface area contributed by atoms with E-state index in [1.165, 1.54) is 22.7 Å². The maximum atomic E-state index is 12.5. The quantitative estimate of drug-likeness (QED) is 0.111. The molecule has 0 saturated carbocycles. The van der Waals surface area contributed by atoms with E-state index >= 15 is 0 Å². The van der Waals surface area contributed by atoms with Crippen molar-refractivity contribution in [3.05, 3.63) is 153 Å². The maximum absolute atomic E-state index is 12.5. The number of aromatic nitrogens is 2. The lowest BCUT2D eigenvalue weighted by molar-refractivity contribution is 0.0997. The highest BCUT2D eigenvalue weighted by atomic mass is 32.1. The molecule has 0 atom stereocenters. The molecule has 9 nitrogen and oxygen atoms in total. The molecule has 0 radical (unpaired) electrons. The predicted octanol–water partition coefficient (Wildman–Crippen LogP) is 7.41. The van der Waals surface area contributed by atoms with Gasteiger partial charge in [0, 0.05) is 34.6 Å². The van der Waals surface area contributed by atoms with E-state index in [1.54, 1.807) is 36.7 Å². The number of nitrogens with two attached hydrogens (primary N) is 2. The summed E-state index contributed by atoms with van der Waals surface area (Å²) in [6.07, 6.45) is 3.19. The van der Waals surface area contributed by atoms with Gasteiger partial charge in [-0.15, -0.1) is 0 Å². The third-order valence-corrected chi connectivity index (χ3v) is 8.92. The molecule has 0 saturated heterocycles. The first-order valence-corrected chi connectivity index (χ1v) is 16.2. The van der Waals surface area contributed by atoms with E-state index < -0.39 is 5.91 Å². The molecule has 236 valence electrons. The van der Waals surface area contributed by atoms with Crippen molar-refractivity contribution < 1.29 is 14.4 Å². The molecular weight excluding hydrogens is 629 g/mol. The molecule has 0 fully saturated rings. The molecule has 0 spiro atoms. The maximum Gasteiger partial charge on any atom is 0.248 e. The molecule has 2 aromatic heterocycles. The van der Waals surface area contributed by atoms with Gasteiger partial charge in [-0.1, -0.05) is 83.3 Å². The number of thiazole rings is 2. The van der Waals surface area contributed by atoms with Crippen molar-refractivity contribution in [2.24, 2.45) is 11.5 Å². The van der Waals surface area contributed by atoms with Crippen molar-refractivity contribution in [2.75, 3.05) is 10.6 Å². The predicted molar refractivity (Wildman–Crippen MR) is 189 cm³/mol. The van der Waals surface area contributed by atoms with Crippen molar-refractivity contribution in [2.45, 2.75) is 20.4 Å². The number of nitrogens with one attached hydrogen (secondary N) is 2. The lowest BCUT2D eigenvalue weighted by Crippen LogP contribution is -2.10. The van der Waals surface area contributed by atoms with Crippen LogP contribution < -0.4 is 22.1 Å². The van der Waals surface area contributed by atoms with Gasteiger partial charge in [0.25, 0.3) is 0 Å². The summed E-state index contributed by atoms with van der Waals surface area (Å²) >= 11 is 2.64. The minimum atomic E-state index is -0.470. The Labute approximate surface area is 280 Å². The van der Waals surface area contributed by atoms with Gasteiger partial charge in [0.05, 0.1) is 22.1 Å². The summed E-state index contributed by atoms with van der Waals surface area (Å²) in [6, 6.07) is 29.6. The van der Waals surface area contributed by atoms with Gasteiger partial charge < -0.3 is 22.1 Å². The van der Waals surface area contributed by atoms with Gasteiger partial charge in [0.15, 0.2) is 10.3 Å². The van der Waals surface area contributed by atoms with Crippen molar-refractivity contribution in [1.29, 1.82) is 0 Å². The fourth-order valence-corrected chi connectivity index (χ4v) is 6.06. The minimum absolute atomic E-state index is 0.00660. The van der Waals surface area contributed by atoms with Crippen LogP contribution in [-0.2, 0) is 6.54 Å². The first kappa shape index (κ1) is 32.9. The van der Waals surface area contributed by atoms with E-state index in [9.17, 15) is 14.4 Å². The van der Waals surface area contributed by atoms with E-state index in [0.29, 0.717) is 37.7 Å². The number of carbonyl (C=O) groups is 3. The van der Waals surface area contributed by atoms with E-state index in [2.05, 4.69) is 20.6 Å². The van der Waals surface area contributed by atoms with Crippen LogP contribution in [0.5, 0.6) is 0 Å². The Hall–Kier alpha value is -5.49. The van der Waals surface area contributed by atoms with Gasteiger partial charge in [0.2, 0.25) is 17.5 Å². The van der Waals surface area contributed by atoms with Crippen molar-refractivity contribution in [3.63, 3.8) is 0 Å². The second-order valence-corrected chi connectivity index (χ2v) is 12.5. The van der Waals surface area contributed by atoms with Crippen LogP contribution in [0.4, 0.5) is 21.6 Å². The Kier molecular flexibility index (Phi) is 10.6. The minimum Gasteiger partial charge on any atom is -0.366 e. The molecule has 6 aromatic rings. The molecule has 0 aliphatic rings. The Morgan fingerprint density at radius 3 is 1.47 bits per heavy atom. The molecule has 0 aliphatic carbocycles. The topological polar surface area (TPSA) is 153 Å². The van der Waals surface area contributed by atoms with Crippen LogP contribution in [0.1, 0.15) is 57.5 Å². The molecule has 6 N–H and O–H groups in total. The van der Waals surface area contributed by atoms with E-state index in [4.69, 9.17) is 11.5 Å². The summed E-state index contributed by atoms with van der Waals surface area (Å²) in [5.41, 5.74) is 17.3. The average Bonchev–Trinajstić information content (AvgIpc) is 3.76. The number of primary amides is 1. The Morgan fingerprint density at radius 2 is 1.06 bits per heavy atom. The third-order valence-electron chi connectivity index (χ3n) is 7.10. The number of hydrogen-bond acceptors (Lipinski definition) is 10. The number of anilines is 4. The van der Waals surface area contributed by atoms with E-state index in [1.807, 2.05) is 86.6 Å². The van der Waals surface area contributed by atoms with E-state index in [-0.39, 0.29) is 11.6 Å². The Balaban J connectivity index is 0.000000185. The first-order valence-electron chi connectivity index (χ1n) is 14.6. The number of benzene rings is 4. The number of aryl methyl sites for hydroxylation is 2. The van der Waals surface area contributed by atoms with Gasteiger partial charge in [-0.05, 0) is 66.9 Å². The fourth-order valence-electron chi connectivity index (χ4n) is 4.48. The van der Waals surface area contributed by atoms with Gasteiger partial charge in [-0.25, -0.2) is 9.97 Å². The largest absolute Gasteiger partial charge is 0.366 e. The molecular formula is C36H32N6O3S2. The SMILES string of the molecule is Cc1ccccc1C(=O)c1cnc(Nc2ccc(C(N)=O)cc2)s1.Cc1ccccc1C(=O)c1cnc(Nc2ccc(CN)cc2)s1. The lowest BCUT2D eigenvalue weighted by Gasteiger charge is -2.03. The zero-order chi connectivity index (χ0) is 33.3. The summed E-state index contributed by atoms with van der Waals surface area (Å²) in [6.45, 7) is 4.37. The number of rotatable bonds is 10. The molecule has 0 unspecified atom stereocenters. The zero-order valence-corrected chi connectivity index (χ0v) is 27.3. The summed E-state index contributed by atoms with van der Waals surface area (Å²) < 4.78 is 0. The molecule has 6 rings (SSSR count). The van der Waals surface area contributed by atoms with Crippen molar-refractivity contribution in [3.8, 4) is 0 Å². The summed E-state index contributed by atoms with van der Waals surface area (Å²) in [5.74, 6) is -0.503.